The zero-order valence-corrected chi connectivity index (χ0v) is 19.6. The molecule has 0 spiro atoms. The van der Waals surface area contributed by atoms with E-state index in [0.717, 1.165) is 5.56 Å². The van der Waals surface area contributed by atoms with Gasteiger partial charge >= 0.3 is 5.97 Å². The van der Waals surface area contributed by atoms with E-state index in [9.17, 15) is 14.4 Å². The summed E-state index contributed by atoms with van der Waals surface area (Å²) >= 11 is 12.7. The monoisotopic (exact) mass is 502 g/mol. The third-order valence-electron chi connectivity index (χ3n) is 5.01. The molecule has 3 rings (SSSR count). The number of nitrogens with two attached hydrogens (primary N) is 1. The zero-order valence-electron chi connectivity index (χ0n) is 18.1. The van der Waals surface area contributed by atoms with E-state index in [1.165, 1.54) is 12.1 Å². The van der Waals surface area contributed by atoms with E-state index >= 15 is 0 Å². The van der Waals surface area contributed by atoms with Gasteiger partial charge in [0.25, 0.3) is 0 Å². The van der Waals surface area contributed by atoms with E-state index in [1.807, 2.05) is 0 Å². The number of rotatable bonds is 9. The fourth-order valence-corrected chi connectivity index (χ4v) is 3.85. The molecule has 0 aliphatic carbocycles. The lowest BCUT2D eigenvalue weighted by Gasteiger charge is -2.21. The minimum absolute atomic E-state index is 0.0518. The molecule has 0 radical (unpaired) electrons. The van der Waals surface area contributed by atoms with Crippen molar-refractivity contribution in [2.45, 2.75) is 32.1 Å². The first-order valence-corrected chi connectivity index (χ1v) is 11.0. The summed E-state index contributed by atoms with van der Waals surface area (Å²) < 4.78 is 25.1. The molecule has 0 aliphatic heterocycles. The van der Waals surface area contributed by atoms with Gasteiger partial charge in [0.2, 0.25) is 0 Å². The first-order valence-electron chi connectivity index (χ1n) is 10.2. The third kappa shape index (κ3) is 6.39. The Kier molecular flexibility index (Phi) is 8.35. The number of carbonyl (C=O) groups is 1. The molecular formula is C25H21Cl2FN2O4. The summed E-state index contributed by atoms with van der Waals surface area (Å²) in [6, 6.07) is 15.0. The maximum absolute atomic E-state index is 13.2. The number of nitrogens with zero attached hydrogens (tertiary/aromatic N) is 1. The van der Waals surface area contributed by atoms with Crippen LogP contribution in [0.5, 0.6) is 11.5 Å². The van der Waals surface area contributed by atoms with Crippen LogP contribution in [0.1, 0.15) is 35.3 Å². The summed E-state index contributed by atoms with van der Waals surface area (Å²) in [6.07, 6.45) is -0.561. The van der Waals surface area contributed by atoms with Gasteiger partial charge in [-0.05, 0) is 66.9 Å². The number of carboxylic acid groups (broad SMARTS) is 1. The van der Waals surface area contributed by atoms with Crippen LogP contribution in [0.15, 0.2) is 54.6 Å². The number of nitriles is 1. The molecule has 6 nitrogen and oxygen atoms in total. The summed E-state index contributed by atoms with van der Waals surface area (Å²) in [4.78, 5) is 11.0. The van der Waals surface area contributed by atoms with Crippen LogP contribution < -0.4 is 15.2 Å². The highest BCUT2D eigenvalue weighted by Crippen LogP contribution is 2.39. The van der Waals surface area contributed by atoms with E-state index in [0.29, 0.717) is 22.4 Å². The second-order valence-electron chi connectivity index (χ2n) is 7.58. The van der Waals surface area contributed by atoms with Gasteiger partial charge in [0.15, 0.2) is 5.75 Å². The van der Waals surface area contributed by atoms with Crippen LogP contribution in [0.4, 0.5) is 4.39 Å². The Balaban J connectivity index is 1.83. The highest BCUT2D eigenvalue weighted by Gasteiger charge is 2.20. The van der Waals surface area contributed by atoms with Crippen molar-refractivity contribution in [3.63, 3.8) is 0 Å². The molecule has 34 heavy (non-hydrogen) atoms. The number of halogens is 3. The molecular weight excluding hydrogens is 482 g/mol. The minimum atomic E-state index is -1.13. The maximum atomic E-state index is 13.2. The molecule has 0 aliphatic rings. The molecule has 9 heteroatoms. The standard InChI is InChI=1S/C25H21Cl2FN2O4/c1-14(34-24-20(26)9-17(10-21(24)27)11-22(30)25(31)32)19-8-16(12-29)4-7-23(19)33-13-15-2-5-18(28)6-3-15/h2-10,14,22H,11,13,30H2,1H3,(H,31,32)/t14?,22-/m0/s1. The molecule has 3 aromatic carbocycles. The highest BCUT2D eigenvalue weighted by molar-refractivity contribution is 6.37. The van der Waals surface area contributed by atoms with E-state index in [-0.39, 0.29) is 34.6 Å². The zero-order chi connectivity index (χ0) is 24.8. The summed E-state index contributed by atoms with van der Waals surface area (Å²) in [5.74, 6) is -0.788. The van der Waals surface area contributed by atoms with Crippen molar-refractivity contribution in [2.24, 2.45) is 5.73 Å². The lowest BCUT2D eigenvalue weighted by molar-refractivity contribution is -0.138. The van der Waals surface area contributed by atoms with Gasteiger partial charge in [0, 0.05) is 5.56 Å². The SMILES string of the molecule is CC(Oc1c(Cl)cc(C[C@H](N)C(=O)O)cc1Cl)c1cc(C#N)ccc1OCc1ccc(F)cc1. The summed E-state index contributed by atoms with van der Waals surface area (Å²) in [7, 11) is 0. The Bertz CT molecular complexity index is 1210. The van der Waals surface area contributed by atoms with Gasteiger partial charge in [-0.15, -0.1) is 0 Å². The lowest BCUT2D eigenvalue weighted by atomic mass is 10.0. The normalized spacial score (nSPS) is 12.5. The number of ether oxygens (including phenoxy) is 2. The first kappa shape index (κ1) is 25.3. The van der Waals surface area contributed by atoms with Gasteiger partial charge in [-0.3, -0.25) is 4.79 Å². The second-order valence-corrected chi connectivity index (χ2v) is 8.39. The average molecular weight is 503 g/mol. The van der Waals surface area contributed by atoms with E-state index in [2.05, 4.69) is 6.07 Å². The number of carboxylic acids is 1. The van der Waals surface area contributed by atoms with Crippen molar-refractivity contribution >= 4 is 29.2 Å². The van der Waals surface area contributed by atoms with Crippen molar-refractivity contribution in [1.29, 1.82) is 5.26 Å². The van der Waals surface area contributed by atoms with Crippen LogP contribution in [0, 0.1) is 17.1 Å². The van der Waals surface area contributed by atoms with Crippen molar-refractivity contribution in [3.8, 4) is 17.6 Å². The fourth-order valence-electron chi connectivity index (χ4n) is 3.23. The van der Waals surface area contributed by atoms with Crippen LogP contribution in [0.3, 0.4) is 0 Å². The maximum Gasteiger partial charge on any atom is 0.320 e. The van der Waals surface area contributed by atoms with Crippen molar-refractivity contribution in [2.75, 3.05) is 0 Å². The van der Waals surface area contributed by atoms with E-state index in [4.69, 9.17) is 43.5 Å². The largest absolute Gasteiger partial charge is 0.488 e. The molecule has 176 valence electrons. The second kappa shape index (κ2) is 11.2. The van der Waals surface area contributed by atoms with E-state index < -0.39 is 18.1 Å². The molecule has 3 N–H and O–H groups in total. The quantitative estimate of drug-likeness (QED) is 0.390. The topological polar surface area (TPSA) is 106 Å². The molecule has 0 heterocycles. The number of hydrogen-bond acceptors (Lipinski definition) is 5. The van der Waals surface area contributed by atoms with Gasteiger partial charge in [0.1, 0.15) is 30.3 Å². The minimum Gasteiger partial charge on any atom is -0.488 e. The smallest absolute Gasteiger partial charge is 0.320 e. The molecule has 0 saturated carbocycles. The van der Waals surface area contributed by atoms with Gasteiger partial charge < -0.3 is 20.3 Å². The molecule has 3 aromatic rings. The van der Waals surface area contributed by atoms with Gasteiger partial charge in [-0.1, -0.05) is 35.3 Å². The third-order valence-corrected chi connectivity index (χ3v) is 5.57. The summed E-state index contributed by atoms with van der Waals surface area (Å²) in [5.41, 5.74) is 7.91. The van der Waals surface area contributed by atoms with Crippen molar-refractivity contribution < 1.29 is 23.8 Å². The number of aliphatic carboxylic acids is 1. The highest BCUT2D eigenvalue weighted by atomic mass is 35.5. The number of benzene rings is 3. The van der Waals surface area contributed by atoms with Crippen LogP contribution in [0.2, 0.25) is 10.0 Å². The summed E-state index contributed by atoms with van der Waals surface area (Å²) in [5, 5.41) is 18.7. The van der Waals surface area contributed by atoms with Gasteiger partial charge in [0.05, 0.1) is 21.7 Å². The van der Waals surface area contributed by atoms with Crippen LogP contribution in [0.25, 0.3) is 0 Å². The Labute approximate surface area is 206 Å². The van der Waals surface area contributed by atoms with Gasteiger partial charge in [-0.25, -0.2) is 4.39 Å². The molecule has 1 unspecified atom stereocenters. The molecule has 2 atom stereocenters. The number of hydrogen-bond donors (Lipinski definition) is 2. The Morgan fingerprint density at radius 1 is 1.12 bits per heavy atom. The molecule has 0 aromatic heterocycles. The summed E-state index contributed by atoms with van der Waals surface area (Å²) in [6.45, 7) is 1.94. The van der Waals surface area contributed by atoms with E-state index in [1.54, 1.807) is 49.4 Å². The molecule has 0 bridgehead atoms. The Morgan fingerprint density at radius 2 is 1.76 bits per heavy atom. The van der Waals surface area contributed by atoms with Crippen LogP contribution in [-0.4, -0.2) is 17.1 Å². The van der Waals surface area contributed by atoms with Crippen molar-refractivity contribution in [1.82, 2.24) is 0 Å². The Hall–Kier alpha value is -3.31. The Morgan fingerprint density at radius 3 is 2.35 bits per heavy atom. The molecule has 0 saturated heterocycles. The molecule has 0 amide bonds. The predicted octanol–water partition coefficient (Wildman–Crippen LogP) is 5.68. The average Bonchev–Trinajstić information content (AvgIpc) is 2.80. The predicted molar refractivity (Wildman–Crippen MR) is 127 cm³/mol. The fraction of sp³-hybridized carbons (Fsp3) is 0.200. The first-order chi connectivity index (χ1) is 16.2. The van der Waals surface area contributed by atoms with Gasteiger partial charge in [-0.2, -0.15) is 5.26 Å². The molecule has 0 fully saturated rings. The van der Waals surface area contributed by atoms with Crippen LogP contribution >= 0.6 is 23.2 Å². The van der Waals surface area contributed by atoms with Crippen molar-refractivity contribution in [3.05, 3.63) is 92.7 Å². The lowest BCUT2D eigenvalue weighted by Crippen LogP contribution is -2.32. The van der Waals surface area contributed by atoms with Crippen LogP contribution in [-0.2, 0) is 17.8 Å².